The number of anilines is 4. The Morgan fingerprint density at radius 2 is 2.00 bits per heavy atom. The molecular formula is C22H22N8O3. The number of hydrogen-bond donors (Lipinski definition) is 2. The molecule has 0 fully saturated rings. The summed E-state index contributed by atoms with van der Waals surface area (Å²) in [4.78, 5) is 29.7. The zero-order valence-electron chi connectivity index (χ0n) is 18.3. The summed E-state index contributed by atoms with van der Waals surface area (Å²) in [7, 11) is 3.34. The van der Waals surface area contributed by atoms with Gasteiger partial charge in [0.25, 0.3) is 0 Å². The monoisotopic (exact) mass is 446 g/mol. The van der Waals surface area contributed by atoms with Crippen LogP contribution in [0.2, 0.25) is 0 Å². The number of nitrogens with zero attached hydrogens (tertiary/aromatic N) is 6. The van der Waals surface area contributed by atoms with Crippen LogP contribution in [-0.2, 0) is 11.8 Å². The second-order valence-corrected chi connectivity index (χ2v) is 6.80. The van der Waals surface area contributed by atoms with Gasteiger partial charge < -0.3 is 20.1 Å². The van der Waals surface area contributed by atoms with Gasteiger partial charge in [-0.05, 0) is 31.2 Å². The summed E-state index contributed by atoms with van der Waals surface area (Å²) < 4.78 is 12.4. The van der Waals surface area contributed by atoms with Gasteiger partial charge in [-0.25, -0.2) is 14.8 Å². The summed E-state index contributed by atoms with van der Waals surface area (Å²) in [5, 5.41) is 10.6. The van der Waals surface area contributed by atoms with Crippen LogP contribution in [0, 0.1) is 0 Å². The maximum atomic E-state index is 12.5. The van der Waals surface area contributed by atoms with E-state index in [1.807, 2.05) is 18.2 Å². The largest absolute Gasteiger partial charge is 0.494 e. The van der Waals surface area contributed by atoms with Crippen molar-refractivity contribution in [3.05, 3.63) is 60.8 Å². The Morgan fingerprint density at radius 1 is 1.12 bits per heavy atom. The summed E-state index contributed by atoms with van der Waals surface area (Å²) in [6.45, 7) is 1.95. The average molecular weight is 446 g/mol. The summed E-state index contributed by atoms with van der Waals surface area (Å²) in [5.41, 5.74) is 2.13. The molecule has 4 rings (SSSR count). The Kier molecular flexibility index (Phi) is 6.39. The highest BCUT2D eigenvalue weighted by Gasteiger charge is 2.20. The lowest BCUT2D eigenvalue weighted by Gasteiger charge is -2.16. The molecule has 4 aromatic rings. The quantitative estimate of drug-likeness (QED) is 0.389. The summed E-state index contributed by atoms with van der Waals surface area (Å²) >= 11 is 0. The molecule has 0 radical (unpaired) electrons. The number of carbonyl (C=O) groups excluding carboxylic acids is 1. The topological polar surface area (TPSA) is 129 Å². The minimum Gasteiger partial charge on any atom is -0.494 e. The molecule has 33 heavy (non-hydrogen) atoms. The first-order valence-electron chi connectivity index (χ1n) is 10.1. The van der Waals surface area contributed by atoms with E-state index < -0.39 is 5.97 Å². The van der Waals surface area contributed by atoms with Crippen molar-refractivity contribution in [3.63, 3.8) is 0 Å². The van der Waals surface area contributed by atoms with Gasteiger partial charge in [-0.1, -0.05) is 6.07 Å². The molecule has 11 nitrogen and oxygen atoms in total. The van der Waals surface area contributed by atoms with Gasteiger partial charge in [0.15, 0.2) is 17.4 Å². The molecule has 0 aliphatic heterocycles. The summed E-state index contributed by atoms with van der Waals surface area (Å²) in [6, 6.07) is 9.10. The van der Waals surface area contributed by atoms with E-state index >= 15 is 0 Å². The summed E-state index contributed by atoms with van der Waals surface area (Å²) in [5.74, 6) is 0.984. The number of carbonyl (C=O) groups is 1. The van der Waals surface area contributed by atoms with Gasteiger partial charge >= 0.3 is 5.97 Å². The highest BCUT2D eigenvalue weighted by Crippen LogP contribution is 2.36. The van der Waals surface area contributed by atoms with Gasteiger partial charge in [-0.2, -0.15) is 10.1 Å². The molecule has 0 unspecified atom stereocenters. The molecule has 0 saturated heterocycles. The predicted octanol–water partition coefficient (Wildman–Crippen LogP) is 3.34. The zero-order valence-corrected chi connectivity index (χ0v) is 18.3. The van der Waals surface area contributed by atoms with Crippen LogP contribution in [0.25, 0.3) is 11.4 Å². The van der Waals surface area contributed by atoms with E-state index in [1.54, 1.807) is 56.6 Å². The average Bonchev–Trinajstić information content (AvgIpc) is 3.26. The molecule has 0 aliphatic carbocycles. The zero-order chi connectivity index (χ0) is 23.2. The van der Waals surface area contributed by atoms with Crippen molar-refractivity contribution in [1.29, 1.82) is 0 Å². The lowest BCUT2D eigenvalue weighted by atomic mass is 10.1. The molecule has 168 valence electrons. The summed E-state index contributed by atoms with van der Waals surface area (Å²) in [6.07, 6.45) is 6.32. The van der Waals surface area contributed by atoms with Gasteiger partial charge in [0.05, 0.1) is 36.9 Å². The van der Waals surface area contributed by atoms with Crippen LogP contribution in [-0.4, -0.2) is 49.4 Å². The van der Waals surface area contributed by atoms with Gasteiger partial charge in [-0.3, -0.25) is 9.67 Å². The van der Waals surface area contributed by atoms with E-state index in [4.69, 9.17) is 9.47 Å². The molecule has 0 atom stereocenters. The maximum absolute atomic E-state index is 12.5. The highest BCUT2D eigenvalue weighted by molar-refractivity contribution is 5.96. The van der Waals surface area contributed by atoms with Crippen LogP contribution in [0.1, 0.15) is 17.3 Å². The van der Waals surface area contributed by atoms with Crippen LogP contribution >= 0.6 is 0 Å². The molecule has 0 aliphatic rings. The predicted molar refractivity (Wildman–Crippen MR) is 122 cm³/mol. The number of aryl methyl sites for hydroxylation is 1. The first-order chi connectivity index (χ1) is 16.1. The first kappa shape index (κ1) is 21.7. The fourth-order valence-electron chi connectivity index (χ4n) is 3.08. The van der Waals surface area contributed by atoms with Crippen molar-refractivity contribution in [1.82, 2.24) is 29.7 Å². The second kappa shape index (κ2) is 9.73. The van der Waals surface area contributed by atoms with E-state index in [9.17, 15) is 4.79 Å². The SMILES string of the molecule is CCOC(=O)c1cnc(Nc2cccnc2)nc1Nc1cccc(-c2ncn(C)n2)c1OC. The van der Waals surface area contributed by atoms with E-state index in [2.05, 4.69) is 35.7 Å². The smallest absolute Gasteiger partial charge is 0.343 e. The van der Waals surface area contributed by atoms with Crippen LogP contribution in [0.15, 0.2) is 55.2 Å². The number of benzene rings is 1. The molecule has 0 bridgehead atoms. The van der Waals surface area contributed by atoms with Crippen LogP contribution in [0.5, 0.6) is 5.75 Å². The van der Waals surface area contributed by atoms with Crippen LogP contribution in [0.4, 0.5) is 23.1 Å². The molecule has 1 aromatic carbocycles. The number of hydrogen-bond acceptors (Lipinski definition) is 10. The molecule has 0 saturated carbocycles. The van der Waals surface area contributed by atoms with Crippen molar-refractivity contribution >= 4 is 29.1 Å². The maximum Gasteiger partial charge on any atom is 0.343 e. The lowest BCUT2D eigenvalue weighted by Crippen LogP contribution is -2.12. The number of pyridine rings is 1. The Balaban J connectivity index is 1.74. The molecule has 11 heteroatoms. The third-order valence-electron chi connectivity index (χ3n) is 4.51. The Labute approximate surface area is 189 Å². The number of rotatable bonds is 8. The van der Waals surface area contributed by atoms with E-state index in [0.717, 1.165) is 0 Å². The molecule has 0 spiro atoms. The van der Waals surface area contributed by atoms with E-state index in [0.29, 0.717) is 28.5 Å². The van der Waals surface area contributed by atoms with Crippen LogP contribution in [0.3, 0.4) is 0 Å². The van der Waals surface area contributed by atoms with Crippen molar-refractivity contribution in [2.24, 2.45) is 7.05 Å². The Hall–Kier alpha value is -4.54. The van der Waals surface area contributed by atoms with Gasteiger partial charge in [0.1, 0.15) is 11.9 Å². The standard InChI is InChI=1S/C22H22N8O3/c1-4-33-21(31)16-12-24-22(26-14-7-6-10-23-11-14)28-20(16)27-17-9-5-8-15(18(17)32-3)19-25-13-30(2)29-19/h5-13H,4H2,1-3H3,(H2,24,26,27,28). The second-order valence-electron chi connectivity index (χ2n) is 6.80. The Bertz CT molecular complexity index is 1260. The van der Waals surface area contributed by atoms with Gasteiger partial charge in [-0.15, -0.1) is 0 Å². The number of ether oxygens (including phenoxy) is 2. The normalized spacial score (nSPS) is 10.5. The molecule has 3 heterocycles. The molecular weight excluding hydrogens is 424 g/mol. The third-order valence-corrected chi connectivity index (χ3v) is 4.51. The Morgan fingerprint density at radius 3 is 2.70 bits per heavy atom. The van der Waals surface area contributed by atoms with Crippen LogP contribution < -0.4 is 15.4 Å². The fraction of sp³-hybridized carbons (Fsp3) is 0.182. The van der Waals surface area contributed by atoms with Crippen molar-refractivity contribution < 1.29 is 14.3 Å². The molecule has 3 aromatic heterocycles. The fourth-order valence-corrected chi connectivity index (χ4v) is 3.08. The number of para-hydroxylation sites is 1. The van der Waals surface area contributed by atoms with E-state index in [-0.39, 0.29) is 23.9 Å². The number of methoxy groups -OCH3 is 1. The number of nitrogens with one attached hydrogen (secondary N) is 2. The highest BCUT2D eigenvalue weighted by atomic mass is 16.5. The van der Waals surface area contributed by atoms with Crippen molar-refractivity contribution in [2.75, 3.05) is 24.4 Å². The molecule has 0 amide bonds. The molecule has 2 N–H and O–H groups in total. The van der Waals surface area contributed by atoms with Gasteiger partial charge in [0.2, 0.25) is 5.95 Å². The first-order valence-corrected chi connectivity index (χ1v) is 10.1. The van der Waals surface area contributed by atoms with Gasteiger partial charge in [0, 0.05) is 19.4 Å². The van der Waals surface area contributed by atoms with Crippen molar-refractivity contribution in [3.8, 4) is 17.1 Å². The van der Waals surface area contributed by atoms with E-state index in [1.165, 1.54) is 6.20 Å². The minimum atomic E-state index is -0.547. The lowest BCUT2D eigenvalue weighted by molar-refractivity contribution is 0.0526. The number of aromatic nitrogens is 6. The number of esters is 1. The minimum absolute atomic E-state index is 0.178. The van der Waals surface area contributed by atoms with Crippen molar-refractivity contribution in [2.45, 2.75) is 6.92 Å². The third kappa shape index (κ3) is 4.87.